The first-order valence-electron chi connectivity index (χ1n) is 8.92. The summed E-state index contributed by atoms with van der Waals surface area (Å²) in [5.74, 6) is -0.150. The Morgan fingerprint density at radius 3 is 2.54 bits per heavy atom. The number of ketones is 1. The van der Waals surface area contributed by atoms with Crippen molar-refractivity contribution in [3.05, 3.63) is 29.3 Å². The molecule has 0 spiro atoms. The molecule has 2 rings (SSSR count). The maximum atomic E-state index is 12.2. The Balaban J connectivity index is 1.93. The highest BCUT2D eigenvalue weighted by atomic mass is 16.5. The quantitative estimate of drug-likeness (QED) is 0.276. The third kappa shape index (κ3) is 5.02. The largest absolute Gasteiger partial charge is 0.426 e. The highest BCUT2D eigenvalue weighted by Crippen LogP contribution is 2.29. The van der Waals surface area contributed by atoms with Gasteiger partial charge in [-0.25, -0.2) is 0 Å². The minimum atomic E-state index is -0.298. The molecule has 0 aromatic heterocycles. The van der Waals surface area contributed by atoms with E-state index in [1.165, 1.54) is 25.0 Å². The summed E-state index contributed by atoms with van der Waals surface area (Å²) >= 11 is 0. The zero-order chi connectivity index (χ0) is 17.4. The van der Waals surface area contributed by atoms with Crippen LogP contribution < -0.4 is 4.74 Å². The van der Waals surface area contributed by atoms with E-state index in [2.05, 4.69) is 6.92 Å². The second-order valence-corrected chi connectivity index (χ2v) is 6.45. The minimum Gasteiger partial charge on any atom is -0.426 e. The maximum Gasteiger partial charge on any atom is 0.314 e. The molecular weight excluding hydrogens is 304 g/mol. The van der Waals surface area contributed by atoms with E-state index in [0.29, 0.717) is 12.0 Å². The summed E-state index contributed by atoms with van der Waals surface area (Å²) in [4.78, 5) is 35.2. The first-order chi connectivity index (χ1) is 11.7. The summed E-state index contributed by atoms with van der Waals surface area (Å²) in [7, 11) is 0. The molecule has 0 heterocycles. The van der Waals surface area contributed by atoms with Crippen molar-refractivity contribution in [2.75, 3.05) is 0 Å². The summed E-state index contributed by atoms with van der Waals surface area (Å²) in [6.45, 7) is 2.15. The van der Waals surface area contributed by atoms with E-state index in [-0.39, 0.29) is 29.0 Å². The van der Waals surface area contributed by atoms with Gasteiger partial charge in [-0.05, 0) is 37.5 Å². The van der Waals surface area contributed by atoms with Crippen LogP contribution in [0.2, 0.25) is 0 Å². The van der Waals surface area contributed by atoms with Crippen molar-refractivity contribution < 1.29 is 19.1 Å². The predicted octanol–water partition coefficient (Wildman–Crippen LogP) is 4.39. The van der Waals surface area contributed by atoms with Crippen LogP contribution in [0.25, 0.3) is 0 Å². The smallest absolute Gasteiger partial charge is 0.314 e. The second kappa shape index (κ2) is 9.36. The van der Waals surface area contributed by atoms with Crippen LogP contribution in [0.15, 0.2) is 18.2 Å². The van der Waals surface area contributed by atoms with Crippen molar-refractivity contribution >= 4 is 18.0 Å². The molecule has 4 nitrogen and oxygen atoms in total. The van der Waals surface area contributed by atoms with Crippen LogP contribution in [0.3, 0.4) is 0 Å². The van der Waals surface area contributed by atoms with Gasteiger partial charge in [-0.2, -0.15) is 0 Å². The fraction of sp³-hybridized carbons (Fsp3) is 0.550. The van der Waals surface area contributed by atoms with Crippen molar-refractivity contribution in [2.45, 2.75) is 64.7 Å². The lowest BCUT2D eigenvalue weighted by Crippen LogP contribution is -2.26. The first-order valence-corrected chi connectivity index (χ1v) is 8.92. The lowest BCUT2D eigenvalue weighted by molar-refractivity contribution is -0.141. The molecule has 1 aliphatic carbocycles. The second-order valence-electron chi connectivity index (χ2n) is 6.45. The molecule has 1 fully saturated rings. The molecule has 0 unspecified atom stereocenters. The standard InChI is InChI=1S/C20H25O4/c1-2-3-4-5-6-10-18(22)16-11-12-19(17(13-16)14-21)24-20(23)15-8-7-9-15/h11-13,15H,2-10H2,1H3. The van der Waals surface area contributed by atoms with Gasteiger partial charge in [0.2, 0.25) is 6.29 Å². The number of ether oxygens (including phenoxy) is 1. The number of hydrogen-bond donors (Lipinski definition) is 0. The van der Waals surface area contributed by atoms with Gasteiger partial charge >= 0.3 is 5.97 Å². The van der Waals surface area contributed by atoms with Crippen molar-refractivity contribution in [3.8, 4) is 5.75 Å². The van der Waals surface area contributed by atoms with Crippen molar-refractivity contribution in [1.82, 2.24) is 0 Å². The van der Waals surface area contributed by atoms with Gasteiger partial charge < -0.3 is 4.74 Å². The fourth-order valence-electron chi connectivity index (χ4n) is 2.74. The van der Waals surface area contributed by atoms with Gasteiger partial charge in [0.15, 0.2) is 5.78 Å². The van der Waals surface area contributed by atoms with E-state index < -0.39 is 0 Å². The third-order valence-corrected chi connectivity index (χ3v) is 4.57. The number of rotatable bonds is 10. The maximum absolute atomic E-state index is 12.2. The molecule has 0 amide bonds. The Labute approximate surface area is 143 Å². The predicted molar refractivity (Wildman–Crippen MR) is 91.9 cm³/mol. The number of Topliss-reactive ketones (excluding diaryl/α,β-unsaturated/α-hetero) is 1. The van der Waals surface area contributed by atoms with Crippen LogP contribution in [0, 0.1) is 5.92 Å². The summed E-state index contributed by atoms with van der Waals surface area (Å²) in [5, 5.41) is 0. The number of esters is 1. The van der Waals surface area contributed by atoms with Crippen LogP contribution >= 0.6 is 0 Å². The van der Waals surface area contributed by atoms with E-state index in [0.717, 1.165) is 38.5 Å². The van der Waals surface area contributed by atoms with Gasteiger partial charge in [0.05, 0.1) is 11.5 Å². The van der Waals surface area contributed by atoms with Gasteiger partial charge in [-0.1, -0.05) is 39.0 Å². The van der Waals surface area contributed by atoms with Crippen LogP contribution in [-0.2, 0) is 9.59 Å². The third-order valence-electron chi connectivity index (χ3n) is 4.57. The van der Waals surface area contributed by atoms with Crippen LogP contribution in [0.5, 0.6) is 5.75 Å². The minimum absolute atomic E-state index is 0.0138. The summed E-state index contributed by atoms with van der Waals surface area (Å²) in [6.07, 6.45) is 10.4. The Morgan fingerprint density at radius 1 is 1.17 bits per heavy atom. The van der Waals surface area contributed by atoms with Gasteiger partial charge in [-0.3, -0.25) is 14.4 Å². The molecular formula is C20H25O4. The summed E-state index contributed by atoms with van der Waals surface area (Å²) in [5.41, 5.74) is 0.617. The highest BCUT2D eigenvalue weighted by molar-refractivity contribution is 5.98. The lowest BCUT2D eigenvalue weighted by atomic mass is 9.86. The number of benzene rings is 1. The molecule has 1 aromatic carbocycles. The van der Waals surface area contributed by atoms with Gasteiger partial charge in [0.25, 0.3) is 0 Å². The Bertz CT molecular complexity index is 587. The molecule has 1 radical (unpaired) electrons. The Morgan fingerprint density at radius 2 is 1.92 bits per heavy atom. The molecule has 0 N–H and O–H groups in total. The molecule has 1 aliphatic rings. The first kappa shape index (κ1) is 18.4. The number of carbonyl (C=O) groups excluding carboxylic acids is 3. The van der Waals surface area contributed by atoms with Crippen molar-refractivity contribution in [3.63, 3.8) is 0 Å². The fourth-order valence-corrected chi connectivity index (χ4v) is 2.74. The van der Waals surface area contributed by atoms with Crippen LogP contribution in [0.4, 0.5) is 0 Å². The topological polar surface area (TPSA) is 60.4 Å². The molecule has 0 bridgehead atoms. The van der Waals surface area contributed by atoms with E-state index in [9.17, 15) is 14.4 Å². The zero-order valence-electron chi connectivity index (χ0n) is 14.3. The SMILES string of the molecule is CCCCCCCC(=O)c1ccc(OC(=O)C2CCC2)c([C]=O)c1. The van der Waals surface area contributed by atoms with E-state index in [1.54, 1.807) is 12.4 Å². The average molecular weight is 329 g/mol. The monoisotopic (exact) mass is 329 g/mol. The average Bonchev–Trinajstić information content (AvgIpc) is 2.53. The lowest BCUT2D eigenvalue weighted by Gasteiger charge is -2.23. The summed E-state index contributed by atoms with van der Waals surface area (Å²) in [6, 6.07) is 4.63. The molecule has 1 saturated carbocycles. The molecule has 0 saturated heterocycles. The zero-order valence-corrected chi connectivity index (χ0v) is 14.3. The van der Waals surface area contributed by atoms with Crippen LogP contribution in [-0.4, -0.2) is 18.0 Å². The number of hydrogen-bond acceptors (Lipinski definition) is 4. The van der Waals surface area contributed by atoms with Gasteiger partial charge in [0.1, 0.15) is 5.75 Å². The van der Waals surface area contributed by atoms with Crippen LogP contribution in [0.1, 0.15) is 80.6 Å². The Kier molecular flexibility index (Phi) is 7.16. The van der Waals surface area contributed by atoms with Gasteiger partial charge in [-0.15, -0.1) is 0 Å². The van der Waals surface area contributed by atoms with E-state index in [4.69, 9.17) is 4.74 Å². The van der Waals surface area contributed by atoms with E-state index in [1.807, 2.05) is 0 Å². The van der Waals surface area contributed by atoms with E-state index >= 15 is 0 Å². The number of carbonyl (C=O) groups is 2. The number of unbranched alkanes of at least 4 members (excludes halogenated alkanes) is 4. The van der Waals surface area contributed by atoms with Gasteiger partial charge in [0, 0.05) is 12.0 Å². The van der Waals surface area contributed by atoms with Crippen molar-refractivity contribution in [1.29, 1.82) is 0 Å². The molecule has 4 heteroatoms. The summed E-state index contributed by atoms with van der Waals surface area (Å²) < 4.78 is 5.29. The highest BCUT2D eigenvalue weighted by Gasteiger charge is 2.27. The molecule has 0 aliphatic heterocycles. The molecule has 129 valence electrons. The normalized spacial score (nSPS) is 14.0. The van der Waals surface area contributed by atoms with Crippen molar-refractivity contribution in [2.24, 2.45) is 5.92 Å². The Hall–Kier alpha value is -1.97. The molecule has 1 aromatic rings. The molecule has 0 atom stereocenters. The molecule has 24 heavy (non-hydrogen) atoms.